The molecule has 5 unspecified atom stereocenters. The lowest BCUT2D eigenvalue weighted by molar-refractivity contribution is -0.148. The van der Waals surface area contributed by atoms with Crippen LogP contribution in [-0.4, -0.2) is 34.2 Å². The van der Waals surface area contributed by atoms with Crippen LogP contribution in [0.25, 0.3) is 0 Å². The first kappa shape index (κ1) is 14.1. The molecule has 0 spiro atoms. The molecule has 106 valence electrons. The second-order valence-electron chi connectivity index (χ2n) is 5.91. The van der Waals surface area contributed by atoms with Crippen molar-refractivity contribution in [3.63, 3.8) is 0 Å². The molecule has 3 N–H and O–H groups in total. The smallest absolute Gasteiger partial charge is 0.307 e. The summed E-state index contributed by atoms with van der Waals surface area (Å²) in [4.78, 5) is 23.5. The molecule has 5 heteroatoms. The molecule has 0 aromatic heterocycles. The molecule has 0 saturated heterocycles. The Kier molecular flexibility index (Phi) is 3.67. The van der Waals surface area contributed by atoms with E-state index in [1.165, 1.54) is 0 Å². The summed E-state index contributed by atoms with van der Waals surface area (Å²) in [5.41, 5.74) is -0.943. The highest BCUT2D eigenvalue weighted by atomic mass is 16.4. The van der Waals surface area contributed by atoms with Crippen molar-refractivity contribution in [2.45, 2.75) is 32.3 Å². The van der Waals surface area contributed by atoms with Crippen molar-refractivity contribution in [2.75, 3.05) is 6.54 Å². The van der Waals surface area contributed by atoms with Gasteiger partial charge in [-0.1, -0.05) is 19.1 Å². The predicted octanol–water partition coefficient (Wildman–Crippen LogP) is 0.787. The number of carbonyl (C=O) groups is 2. The van der Waals surface area contributed by atoms with Crippen LogP contribution < -0.4 is 5.32 Å². The van der Waals surface area contributed by atoms with Gasteiger partial charge < -0.3 is 15.5 Å². The first-order chi connectivity index (χ1) is 8.85. The van der Waals surface area contributed by atoms with E-state index in [1.54, 1.807) is 6.92 Å². The Hall–Kier alpha value is -1.36. The molecule has 2 bridgehead atoms. The number of rotatable bonds is 5. The fourth-order valence-corrected chi connectivity index (χ4v) is 3.04. The van der Waals surface area contributed by atoms with Crippen molar-refractivity contribution in [1.29, 1.82) is 0 Å². The number of carbonyl (C=O) groups excluding carboxylic acids is 1. The van der Waals surface area contributed by atoms with Crippen LogP contribution in [0.5, 0.6) is 0 Å². The second-order valence-corrected chi connectivity index (χ2v) is 5.91. The van der Waals surface area contributed by atoms with E-state index in [2.05, 4.69) is 5.32 Å². The second kappa shape index (κ2) is 4.96. The Morgan fingerprint density at radius 3 is 2.42 bits per heavy atom. The van der Waals surface area contributed by atoms with Gasteiger partial charge in [-0.05, 0) is 31.6 Å². The van der Waals surface area contributed by atoms with Gasteiger partial charge in [-0.3, -0.25) is 9.59 Å². The zero-order valence-electron chi connectivity index (χ0n) is 11.3. The van der Waals surface area contributed by atoms with Gasteiger partial charge in [0.1, 0.15) is 0 Å². The predicted molar refractivity (Wildman–Crippen MR) is 69.3 cm³/mol. The van der Waals surface area contributed by atoms with E-state index >= 15 is 0 Å². The van der Waals surface area contributed by atoms with Crippen molar-refractivity contribution in [2.24, 2.45) is 23.7 Å². The number of nitrogens with one attached hydrogen (secondary N) is 1. The minimum Gasteiger partial charge on any atom is -0.481 e. The molecule has 5 nitrogen and oxygen atoms in total. The maximum atomic E-state index is 12.2. The van der Waals surface area contributed by atoms with Crippen molar-refractivity contribution >= 4 is 11.9 Å². The highest BCUT2D eigenvalue weighted by Crippen LogP contribution is 2.48. The quantitative estimate of drug-likeness (QED) is 0.643. The van der Waals surface area contributed by atoms with Crippen LogP contribution in [0.2, 0.25) is 0 Å². The number of aliphatic carboxylic acids is 1. The van der Waals surface area contributed by atoms with Gasteiger partial charge in [0, 0.05) is 6.54 Å². The summed E-state index contributed by atoms with van der Waals surface area (Å²) in [6.07, 6.45) is 5.15. The van der Waals surface area contributed by atoms with Gasteiger partial charge >= 0.3 is 5.97 Å². The molecular weight excluding hydrogens is 246 g/mol. The molecule has 19 heavy (non-hydrogen) atoms. The van der Waals surface area contributed by atoms with Gasteiger partial charge in [-0.15, -0.1) is 0 Å². The standard InChI is InChI=1S/C14H21NO4/c1-3-14(2,19)7-15-12(16)10-8-4-5-9(6-8)11(10)13(17)18/h4-5,8-11,19H,3,6-7H2,1-2H3,(H,15,16)(H,17,18). The van der Waals surface area contributed by atoms with E-state index in [0.29, 0.717) is 6.42 Å². The molecule has 2 aliphatic rings. The Labute approximate surface area is 112 Å². The summed E-state index contributed by atoms with van der Waals surface area (Å²) >= 11 is 0. The Morgan fingerprint density at radius 1 is 1.32 bits per heavy atom. The van der Waals surface area contributed by atoms with Crippen LogP contribution in [0.1, 0.15) is 26.7 Å². The molecular formula is C14H21NO4. The zero-order valence-corrected chi connectivity index (χ0v) is 11.3. The fourth-order valence-electron chi connectivity index (χ4n) is 3.04. The maximum Gasteiger partial charge on any atom is 0.307 e. The molecule has 0 heterocycles. The van der Waals surface area contributed by atoms with Gasteiger partial charge in [0.25, 0.3) is 0 Å². The van der Waals surface area contributed by atoms with Crippen LogP contribution >= 0.6 is 0 Å². The topological polar surface area (TPSA) is 86.6 Å². The zero-order chi connectivity index (χ0) is 14.2. The average molecular weight is 267 g/mol. The lowest BCUT2D eigenvalue weighted by atomic mass is 9.82. The van der Waals surface area contributed by atoms with Crippen LogP contribution in [0, 0.1) is 23.7 Å². The summed E-state index contributed by atoms with van der Waals surface area (Å²) in [7, 11) is 0. The van der Waals surface area contributed by atoms with Gasteiger partial charge in [0.15, 0.2) is 0 Å². The summed E-state index contributed by atoms with van der Waals surface area (Å²) < 4.78 is 0. The van der Waals surface area contributed by atoms with E-state index in [-0.39, 0.29) is 24.3 Å². The summed E-state index contributed by atoms with van der Waals surface area (Å²) in [6, 6.07) is 0. The first-order valence-electron chi connectivity index (χ1n) is 6.77. The van der Waals surface area contributed by atoms with Gasteiger partial charge in [-0.25, -0.2) is 0 Å². The average Bonchev–Trinajstić information content (AvgIpc) is 2.95. The van der Waals surface area contributed by atoms with E-state index in [9.17, 15) is 19.8 Å². The molecule has 0 aromatic rings. The number of fused-ring (bicyclic) bond motifs is 2. The van der Waals surface area contributed by atoms with E-state index in [0.717, 1.165) is 6.42 Å². The monoisotopic (exact) mass is 267 g/mol. The minimum absolute atomic E-state index is 0.0232. The molecule has 2 rings (SSSR count). The Morgan fingerprint density at radius 2 is 1.89 bits per heavy atom. The molecule has 0 aromatic carbocycles. The van der Waals surface area contributed by atoms with E-state index < -0.39 is 23.4 Å². The van der Waals surface area contributed by atoms with Crippen LogP contribution in [-0.2, 0) is 9.59 Å². The lowest BCUT2D eigenvalue weighted by Crippen LogP contribution is -2.46. The van der Waals surface area contributed by atoms with E-state index in [4.69, 9.17) is 0 Å². The van der Waals surface area contributed by atoms with Gasteiger partial charge in [0.2, 0.25) is 5.91 Å². The van der Waals surface area contributed by atoms with Crippen LogP contribution in [0.4, 0.5) is 0 Å². The molecule has 5 atom stereocenters. The first-order valence-corrected chi connectivity index (χ1v) is 6.77. The highest BCUT2D eigenvalue weighted by Gasteiger charge is 2.51. The third-order valence-corrected chi connectivity index (χ3v) is 4.45. The van der Waals surface area contributed by atoms with Crippen LogP contribution in [0.3, 0.4) is 0 Å². The number of hydrogen-bond donors (Lipinski definition) is 3. The fraction of sp³-hybridized carbons (Fsp3) is 0.714. The van der Waals surface area contributed by atoms with Crippen LogP contribution in [0.15, 0.2) is 12.2 Å². The lowest BCUT2D eigenvalue weighted by Gasteiger charge is -2.27. The third-order valence-electron chi connectivity index (χ3n) is 4.45. The number of aliphatic hydroxyl groups is 1. The van der Waals surface area contributed by atoms with Crippen molar-refractivity contribution in [3.05, 3.63) is 12.2 Å². The van der Waals surface area contributed by atoms with Crippen molar-refractivity contribution < 1.29 is 19.8 Å². The Bertz CT molecular complexity index is 416. The SMILES string of the molecule is CCC(C)(O)CNC(=O)C1C2C=CC(C2)C1C(=O)O. The summed E-state index contributed by atoms with van der Waals surface area (Å²) in [5.74, 6) is -2.28. The number of amides is 1. The van der Waals surface area contributed by atoms with Crippen molar-refractivity contribution in [3.8, 4) is 0 Å². The molecule has 0 aliphatic heterocycles. The number of allylic oxidation sites excluding steroid dienone is 2. The summed E-state index contributed by atoms with van der Waals surface area (Å²) in [6.45, 7) is 3.65. The van der Waals surface area contributed by atoms with Gasteiger partial charge in [0.05, 0.1) is 17.4 Å². The number of carboxylic acid groups (broad SMARTS) is 1. The molecule has 1 amide bonds. The van der Waals surface area contributed by atoms with E-state index in [1.807, 2.05) is 19.1 Å². The molecule has 1 fully saturated rings. The van der Waals surface area contributed by atoms with Gasteiger partial charge in [-0.2, -0.15) is 0 Å². The molecule has 0 radical (unpaired) electrons. The highest BCUT2D eigenvalue weighted by molar-refractivity contribution is 5.86. The minimum atomic E-state index is -0.943. The maximum absolute atomic E-state index is 12.2. The third kappa shape index (κ3) is 2.66. The van der Waals surface area contributed by atoms with Crippen molar-refractivity contribution in [1.82, 2.24) is 5.32 Å². The number of hydrogen-bond acceptors (Lipinski definition) is 3. The summed E-state index contributed by atoms with van der Waals surface area (Å²) in [5, 5.41) is 21.8. The normalized spacial score (nSPS) is 35.1. The molecule has 1 saturated carbocycles. The Balaban J connectivity index is 2.02. The molecule has 2 aliphatic carbocycles. The number of carboxylic acids is 1. The largest absolute Gasteiger partial charge is 0.481 e.